The van der Waals surface area contributed by atoms with Crippen LogP contribution < -0.4 is 5.32 Å². The van der Waals surface area contributed by atoms with Crippen LogP contribution in [0.4, 0.5) is 0 Å². The molecule has 0 fully saturated rings. The second kappa shape index (κ2) is 5.10. The fourth-order valence-corrected chi connectivity index (χ4v) is 2.55. The fraction of sp³-hybridized carbons (Fsp3) is 0.636. The molecule has 0 aliphatic rings. The number of aryl methyl sites for hydroxylation is 1. The third-order valence-electron chi connectivity index (χ3n) is 2.61. The highest BCUT2D eigenvalue weighted by molar-refractivity contribution is 7.73. The van der Waals surface area contributed by atoms with Gasteiger partial charge in [-0.3, -0.25) is 4.79 Å². The third kappa shape index (κ3) is 3.72. The molecule has 1 aromatic rings. The van der Waals surface area contributed by atoms with Crippen LogP contribution in [0, 0.1) is 10.9 Å². The fourth-order valence-electron chi connectivity index (χ4n) is 1.26. The molecule has 0 unspecified atom stereocenters. The highest BCUT2D eigenvalue weighted by Gasteiger charge is 2.18. The molecule has 5 heteroatoms. The van der Waals surface area contributed by atoms with Gasteiger partial charge in [-0.15, -0.1) is 11.3 Å². The maximum Gasteiger partial charge on any atom is 0.225 e. The summed E-state index contributed by atoms with van der Waals surface area (Å²) in [6.45, 7) is 8.05. The molecule has 1 heterocycles. The second-order valence-corrected chi connectivity index (χ2v) is 6.30. The van der Waals surface area contributed by atoms with Crippen molar-refractivity contribution >= 4 is 29.5 Å². The quantitative estimate of drug-likeness (QED) is 0.816. The lowest BCUT2D eigenvalue weighted by atomic mass is 10.0. The van der Waals surface area contributed by atoms with E-state index in [9.17, 15) is 4.79 Å². The molecular weight excluding hydrogens is 240 g/mol. The van der Waals surface area contributed by atoms with E-state index in [-0.39, 0.29) is 11.4 Å². The molecule has 1 rings (SSSR count). The lowest BCUT2D eigenvalue weighted by Gasteiger charge is -2.24. The Morgan fingerprint density at radius 3 is 2.62 bits per heavy atom. The minimum atomic E-state index is -0.136. The molecule has 0 atom stereocenters. The zero-order valence-electron chi connectivity index (χ0n) is 10.1. The van der Waals surface area contributed by atoms with Crippen molar-refractivity contribution in [2.24, 2.45) is 0 Å². The van der Waals surface area contributed by atoms with Crippen LogP contribution in [0.2, 0.25) is 0 Å². The van der Waals surface area contributed by atoms with Crippen LogP contribution in [-0.2, 0) is 11.2 Å². The third-order valence-corrected chi connectivity index (χ3v) is 3.94. The summed E-state index contributed by atoms with van der Waals surface area (Å²) in [5.41, 5.74) is 0.863. The Kier molecular flexibility index (Phi) is 4.27. The van der Waals surface area contributed by atoms with Gasteiger partial charge in [-0.1, -0.05) is 6.92 Å². The Morgan fingerprint density at radius 2 is 2.19 bits per heavy atom. The summed E-state index contributed by atoms with van der Waals surface area (Å²) in [6, 6.07) is 0. The number of carbonyl (C=O) groups is 1. The SMILES string of the molecule is CCC(C)(C)NC(=O)Cc1sc(=S)[nH]c1C. The molecule has 0 bridgehead atoms. The van der Waals surface area contributed by atoms with Crippen molar-refractivity contribution in [2.75, 3.05) is 0 Å². The van der Waals surface area contributed by atoms with Gasteiger partial charge in [-0.2, -0.15) is 0 Å². The van der Waals surface area contributed by atoms with Crippen LogP contribution in [-0.4, -0.2) is 16.4 Å². The largest absolute Gasteiger partial charge is 0.351 e. The van der Waals surface area contributed by atoms with Gasteiger partial charge in [-0.25, -0.2) is 0 Å². The van der Waals surface area contributed by atoms with Crippen molar-refractivity contribution < 1.29 is 4.79 Å². The summed E-state index contributed by atoms with van der Waals surface area (Å²) >= 11 is 6.51. The molecule has 0 saturated heterocycles. The first kappa shape index (κ1) is 13.4. The van der Waals surface area contributed by atoms with Gasteiger partial charge in [0.1, 0.15) is 0 Å². The highest BCUT2D eigenvalue weighted by Crippen LogP contribution is 2.16. The normalized spacial score (nSPS) is 11.5. The molecule has 0 spiro atoms. The molecule has 0 aliphatic carbocycles. The molecule has 0 aromatic carbocycles. The van der Waals surface area contributed by atoms with Crippen LogP contribution in [0.15, 0.2) is 0 Å². The molecule has 3 nitrogen and oxygen atoms in total. The van der Waals surface area contributed by atoms with E-state index in [1.54, 1.807) is 0 Å². The molecule has 0 radical (unpaired) electrons. The van der Waals surface area contributed by atoms with Crippen molar-refractivity contribution in [3.63, 3.8) is 0 Å². The molecule has 90 valence electrons. The summed E-state index contributed by atoms with van der Waals surface area (Å²) in [4.78, 5) is 15.9. The Morgan fingerprint density at radius 1 is 1.56 bits per heavy atom. The van der Waals surface area contributed by atoms with Crippen molar-refractivity contribution in [1.82, 2.24) is 10.3 Å². The average molecular weight is 258 g/mol. The molecule has 0 aliphatic heterocycles. The summed E-state index contributed by atoms with van der Waals surface area (Å²) in [7, 11) is 0. The zero-order valence-corrected chi connectivity index (χ0v) is 11.8. The van der Waals surface area contributed by atoms with Crippen LogP contribution in [0.25, 0.3) is 0 Å². The maximum absolute atomic E-state index is 11.8. The van der Waals surface area contributed by atoms with E-state index in [0.717, 1.165) is 20.9 Å². The topological polar surface area (TPSA) is 44.9 Å². The predicted octanol–water partition coefficient (Wildman–Crippen LogP) is 2.96. The smallest absolute Gasteiger partial charge is 0.225 e. The van der Waals surface area contributed by atoms with Crippen LogP contribution >= 0.6 is 23.6 Å². The summed E-state index contributed by atoms with van der Waals surface area (Å²) in [5, 5.41) is 3.01. The number of nitrogens with one attached hydrogen (secondary N) is 2. The van der Waals surface area contributed by atoms with Gasteiger partial charge in [0.2, 0.25) is 5.91 Å². The number of thiazole rings is 1. The van der Waals surface area contributed by atoms with E-state index in [0.29, 0.717) is 6.42 Å². The molecule has 1 aromatic heterocycles. The first-order valence-electron chi connectivity index (χ1n) is 5.33. The van der Waals surface area contributed by atoms with Gasteiger partial charge in [0.05, 0.1) is 6.42 Å². The van der Waals surface area contributed by atoms with Crippen LogP contribution in [0.5, 0.6) is 0 Å². The molecular formula is C11H18N2OS2. The monoisotopic (exact) mass is 258 g/mol. The Hall–Kier alpha value is -0.680. The summed E-state index contributed by atoms with van der Waals surface area (Å²) < 4.78 is 0.732. The number of H-pyrrole nitrogens is 1. The number of aromatic nitrogens is 1. The maximum atomic E-state index is 11.8. The zero-order chi connectivity index (χ0) is 12.3. The number of carbonyl (C=O) groups excluding carboxylic acids is 1. The minimum absolute atomic E-state index is 0.0557. The van der Waals surface area contributed by atoms with E-state index in [4.69, 9.17) is 12.2 Å². The van der Waals surface area contributed by atoms with E-state index in [1.165, 1.54) is 11.3 Å². The van der Waals surface area contributed by atoms with Crippen molar-refractivity contribution in [3.8, 4) is 0 Å². The molecule has 16 heavy (non-hydrogen) atoms. The van der Waals surface area contributed by atoms with Gasteiger partial charge in [0, 0.05) is 16.1 Å². The van der Waals surface area contributed by atoms with Crippen molar-refractivity contribution in [3.05, 3.63) is 14.5 Å². The lowest BCUT2D eigenvalue weighted by Crippen LogP contribution is -2.43. The second-order valence-electron chi connectivity index (χ2n) is 4.53. The Balaban J connectivity index is 2.65. The van der Waals surface area contributed by atoms with Gasteiger partial charge >= 0.3 is 0 Å². The van der Waals surface area contributed by atoms with E-state index < -0.39 is 0 Å². The Bertz CT molecular complexity index is 431. The highest BCUT2D eigenvalue weighted by atomic mass is 32.1. The number of rotatable bonds is 4. The van der Waals surface area contributed by atoms with Crippen LogP contribution in [0.3, 0.4) is 0 Å². The first-order valence-corrected chi connectivity index (χ1v) is 6.56. The van der Waals surface area contributed by atoms with Gasteiger partial charge in [0.15, 0.2) is 3.95 Å². The summed E-state index contributed by atoms with van der Waals surface area (Å²) in [6.07, 6.45) is 1.33. The van der Waals surface area contributed by atoms with Gasteiger partial charge in [0.25, 0.3) is 0 Å². The van der Waals surface area contributed by atoms with Gasteiger partial charge in [-0.05, 0) is 39.4 Å². The Labute approximate surface area is 105 Å². The number of hydrogen-bond donors (Lipinski definition) is 2. The van der Waals surface area contributed by atoms with Crippen molar-refractivity contribution in [2.45, 2.75) is 46.1 Å². The number of amides is 1. The molecule has 0 saturated carbocycles. The van der Waals surface area contributed by atoms with Gasteiger partial charge < -0.3 is 10.3 Å². The predicted molar refractivity (Wildman–Crippen MR) is 70.5 cm³/mol. The van der Waals surface area contributed by atoms with Crippen LogP contribution in [0.1, 0.15) is 37.8 Å². The summed E-state index contributed by atoms with van der Waals surface area (Å²) in [5.74, 6) is 0.0557. The van der Waals surface area contributed by atoms with E-state index in [2.05, 4.69) is 17.2 Å². The average Bonchev–Trinajstić information content (AvgIpc) is 2.44. The molecule has 2 N–H and O–H groups in total. The number of aromatic amines is 1. The minimum Gasteiger partial charge on any atom is -0.351 e. The first-order chi connectivity index (χ1) is 7.34. The van der Waals surface area contributed by atoms with Crippen molar-refractivity contribution in [1.29, 1.82) is 0 Å². The molecule has 1 amide bonds. The number of hydrogen-bond acceptors (Lipinski definition) is 3. The van der Waals surface area contributed by atoms with E-state index >= 15 is 0 Å². The van der Waals surface area contributed by atoms with E-state index in [1.807, 2.05) is 20.8 Å². The lowest BCUT2D eigenvalue weighted by molar-refractivity contribution is -0.122. The standard InChI is InChI=1S/C11H18N2OS2/c1-5-11(3,4)13-9(14)6-8-7(2)12-10(15)16-8/h5-6H2,1-4H3,(H,12,15)(H,13,14).